The van der Waals surface area contributed by atoms with E-state index in [9.17, 15) is 0 Å². The lowest BCUT2D eigenvalue weighted by Gasteiger charge is -2.37. The van der Waals surface area contributed by atoms with Crippen LogP contribution < -0.4 is 0 Å². The van der Waals surface area contributed by atoms with E-state index in [0.29, 0.717) is 22.3 Å². The second kappa shape index (κ2) is 49.5. The second-order valence-electron chi connectivity index (χ2n) is 24.9. The predicted octanol–water partition coefficient (Wildman–Crippen LogP) is 22.7. The van der Waals surface area contributed by atoms with Crippen LogP contribution in [0.1, 0.15) is 267 Å². The summed E-state index contributed by atoms with van der Waals surface area (Å²) in [7, 11) is 8.75. The summed E-state index contributed by atoms with van der Waals surface area (Å²) >= 11 is 13.3. The van der Waals surface area contributed by atoms with Crippen molar-refractivity contribution >= 4 is 60.0 Å². The van der Waals surface area contributed by atoms with Gasteiger partial charge in [-0.3, -0.25) is 8.61 Å². The van der Waals surface area contributed by atoms with E-state index >= 15 is 0 Å². The van der Waals surface area contributed by atoms with E-state index in [4.69, 9.17) is 12.6 Å². The zero-order chi connectivity index (χ0) is 54.6. The van der Waals surface area contributed by atoms with Gasteiger partial charge in [0.1, 0.15) is 0 Å². The Kier molecular flexibility index (Phi) is 48.6. The number of thiol groups is 1. The van der Waals surface area contributed by atoms with Crippen molar-refractivity contribution in [3.63, 3.8) is 0 Å². The maximum Gasteiger partial charge on any atom is 0.0229 e. The predicted molar refractivity (Wildman–Crippen MR) is 354 cm³/mol. The molecule has 2 aliphatic rings. The lowest BCUT2D eigenvalue weighted by Crippen LogP contribution is -2.30. The third-order valence-corrected chi connectivity index (χ3v) is 22.4. The molecule has 7 atom stereocenters. The third kappa shape index (κ3) is 41.6. The van der Waals surface area contributed by atoms with Crippen LogP contribution in [0.2, 0.25) is 0 Å². The van der Waals surface area contributed by atoms with Gasteiger partial charge in [-0.2, -0.15) is 36.2 Å². The molecule has 0 N–H and O–H groups in total. The number of rotatable bonds is 46. The molecule has 2 rings (SSSR count). The summed E-state index contributed by atoms with van der Waals surface area (Å²) in [5, 5.41) is 1.95. The summed E-state index contributed by atoms with van der Waals surface area (Å²) in [6, 6.07) is 0. The van der Waals surface area contributed by atoms with E-state index in [0.717, 1.165) is 40.8 Å². The summed E-state index contributed by atoms with van der Waals surface area (Å²) < 4.78 is 4.60. The number of thioether (sulfide) groups is 2. The monoisotopic (exact) mass is 1120 g/mol. The molecule has 0 heterocycles. The molecule has 0 aliphatic heterocycles. The van der Waals surface area contributed by atoms with Crippen LogP contribution in [0.15, 0.2) is 42.7 Å². The smallest absolute Gasteiger partial charge is 0.0229 e. The first-order chi connectivity index (χ1) is 35.7. The number of nitrogens with zero attached hydrogens (tertiary/aromatic N) is 2. The van der Waals surface area contributed by atoms with Gasteiger partial charge in [-0.05, 0) is 214 Å². The summed E-state index contributed by atoms with van der Waals surface area (Å²) in [6.07, 6.45) is 54.6. The first-order valence-electron chi connectivity index (χ1n) is 31.9. The number of unbranched alkanes of at least 4 members (excludes halogenated alkanes) is 14. The van der Waals surface area contributed by atoms with E-state index in [1.54, 1.807) is 0 Å². The molecule has 0 spiro atoms. The molecule has 0 radical (unpaired) electrons. The fraction of sp³-hybridized carbons (Fsp3) is 0.896. The Bertz CT molecular complexity index is 1330. The van der Waals surface area contributed by atoms with Crippen LogP contribution in [-0.2, 0) is 0 Å². The average Bonchev–Trinajstić information content (AvgIpc) is 3.36. The van der Waals surface area contributed by atoms with Crippen LogP contribution >= 0.6 is 60.0 Å². The molecular formula is C67H128N2S5. The van der Waals surface area contributed by atoms with E-state index in [1.165, 1.54) is 247 Å². The van der Waals surface area contributed by atoms with Crippen molar-refractivity contribution in [3.05, 3.63) is 42.7 Å². The van der Waals surface area contributed by atoms with Crippen LogP contribution in [0, 0.1) is 47.3 Å². The molecule has 2 aliphatic carbocycles. The van der Waals surface area contributed by atoms with Gasteiger partial charge in [0.2, 0.25) is 0 Å². The lowest BCUT2D eigenvalue weighted by atomic mass is 9.76. The van der Waals surface area contributed by atoms with Crippen LogP contribution in [0.3, 0.4) is 0 Å². The van der Waals surface area contributed by atoms with Crippen LogP contribution in [0.25, 0.3) is 0 Å². The average molecular weight is 1120 g/mol. The summed E-state index contributed by atoms with van der Waals surface area (Å²) in [5.41, 5.74) is 4.45. The number of hydrogen-bond acceptors (Lipinski definition) is 7. The van der Waals surface area contributed by atoms with Crippen LogP contribution in [-0.4, -0.2) is 75.6 Å². The highest BCUT2D eigenvalue weighted by Crippen LogP contribution is 2.42. The first-order valence-corrected chi connectivity index (χ1v) is 36.4. The minimum Gasteiger partial charge on any atom is -0.257 e. The zero-order valence-corrected chi connectivity index (χ0v) is 55.5. The van der Waals surface area contributed by atoms with Gasteiger partial charge in [0.15, 0.2) is 0 Å². The number of allylic oxidation sites excluding steroid dienone is 4. The molecule has 7 unspecified atom stereocenters. The van der Waals surface area contributed by atoms with Crippen molar-refractivity contribution in [2.75, 3.05) is 51.2 Å². The Morgan fingerprint density at radius 2 is 1.19 bits per heavy atom. The molecule has 0 aromatic heterocycles. The molecule has 2 nitrogen and oxygen atoms in total. The van der Waals surface area contributed by atoms with Gasteiger partial charge >= 0.3 is 0 Å². The molecule has 0 aromatic carbocycles. The SMILES string of the molecule is C=C(/C=C\CCCCCCSCCCCCCCCSCCCCCCCC)C1CCC(CCCC(C)CCCC(C)C)CC1.C=C=CC1CCC(CCC(SN(C)C)C(C)CCC(S)C(C)C)C(SN(C)C)C1. The van der Waals surface area contributed by atoms with Crippen molar-refractivity contribution in [3.8, 4) is 0 Å². The highest BCUT2D eigenvalue weighted by atomic mass is 32.2. The summed E-state index contributed by atoms with van der Waals surface area (Å²) in [6.45, 7) is 24.8. The van der Waals surface area contributed by atoms with E-state index < -0.39 is 0 Å². The molecule has 2 saturated carbocycles. The Morgan fingerprint density at radius 3 is 1.73 bits per heavy atom. The van der Waals surface area contributed by atoms with Gasteiger partial charge in [-0.15, -0.1) is 5.73 Å². The normalized spacial score (nSPS) is 21.0. The van der Waals surface area contributed by atoms with E-state index in [-0.39, 0.29) is 0 Å². The van der Waals surface area contributed by atoms with Crippen molar-refractivity contribution in [1.82, 2.24) is 8.61 Å². The van der Waals surface area contributed by atoms with Gasteiger partial charge in [-0.1, -0.05) is 212 Å². The molecule has 0 amide bonds. The van der Waals surface area contributed by atoms with Crippen molar-refractivity contribution < 1.29 is 0 Å². The largest absolute Gasteiger partial charge is 0.257 e. The Hall–Kier alpha value is 0.670. The van der Waals surface area contributed by atoms with Gasteiger partial charge in [0, 0.05) is 15.7 Å². The minimum atomic E-state index is 0.525. The van der Waals surface area contributed by atoms with Crippen molar-refractivity contribution in [1.29, 1.82) is 0 Å². The fourth-order valence-electron chi connectivity index (χ4n) is 11.4. The molecule has 74 heavy (non-hydrogen) atoms. The summed E-state index contributed by atoms with van der Waals surface area (Å²) in [4.78, 5) is 0. The first kappa shape index (κ1) is 72.7. The van der Waals surface area contributed by atoms with Crippen molar-refractivity contribution in [2.24, 2.45) is 47.3 Å². The Labute approximate surface area is 488 Å². The van der Waals surface area contributed by atoms with Crippen LogP contribution in [0.5, 0.6) is 0 Å². The molecule has 0 saturated heterocycles. The minimum absolute atomic E-state index is 0.525. The Morgan fingerprint density at radius 1 is 0.622 bits per heavy atom. The second-order valence-corrected chi connectivity index (χ2v) is 31.1. The maximum absolute atomic E-state index is 4.81. The van der Waals surface area contributed by atoms with Gasteiger partial charge in [0.05, 0.1) is 0 Å². The van der Waals surface area contributed by atoms with Gasteiger partial charge < -0.3 is 0 Å². The molecule has 0 aromatic rings. The number of hydrogen-bond donors (Lipinski definition) is 1. The van der Waals surface area contributed by atoms with Gasteiger partial charge in [0.25, 0.3) is 0 Å². The summed E-state index contributed by atoms with van der Waals surface area (Å²) in [5.74, 6) is 12.0. The maximum atomic E-state index is 4.81. The molecule has 7 heteroatoms. The fourth-order valence-corrected chi connectivity index (χ4v) is 16.0. The van der Waals surface area contributed by atoms with Crippen molar-refractivity contribution in [2.45, 2.75) is 283 Å². The molecule has 436 valence electrons. The molecule has 0 bridgehead atoms. The highest BCUT2D eigenvalue weighted by molar-refractivity contribution is 7.99. The lowest BCUT2D eigenvalue weighted by molar-refractivity contribution is 0.277. The third-order valence-electron chi connectivity index (χ3n) is 16.5. The topological polar surface area (TPSA) is 6.48 Å². The quantitative estimate of drug-likeness (QED) is 0.0212. The Balaban J connectivity index is 0.000000813. The van der Waals surface area contributed by atoms with E-state index in [2.05, 4.69) is 146 Å². The van der Waals surface area contributed by atoms with E-state index in [1.807, 2.05) is 23.9 Å². The highest BCUT2D eigenvalue weighted by Gasteiger charge is 2.32. The van der Waals surface area contributed by atoms with Gasteiger partial charge in [-0.25, -0.2) is 0 Å². The molecule has 2 fully saturated rings. The zero-order valence-electron chi connectivity index (χ0n) is 51.3. The van der Waals surface area contributed by atoms with Crippen LogP contribution in [0.4, 0.5) is 0 Å². The molecular weight excluding hydrogens is 993 g/mol. The standard InChI is InChI=1S/C43H82S2.C24H46N2S3/c1-6-7-8-9-15-20-35-44-37-22-17-12-13-18-23-38-45-36-21-16-11-10-14-19-29-41(5)43-33-31-42(32-34-43)30-25-28-40(4)27-24-26-39(2)3;1-9-10-20-12-13-21(24(17-20)29-26(7)8)14-16-23(28-25(5)6)19(4)11-15-22(27)18(2)3/h19,29,39-40,42-43H,5-18,20-28,30-38H2,1-4H3;10,18-24,27H,1,11-17H2,2-8H3/b29-19-;.